The maximum absolute atomic E-state index is 13.5. The third-order valence-corrected chi connectivity index (χ3v) is 27.0. The molecule has 4 fully saturated rings. The largest absolute Gasteiger partial charge is 0.416 e. The monoisotopic (exact) mass is 1940 g/mol. The van der Waals surface area contributed by atoms with E-state index in [9.17, 15) is 52.7 Å². The molecular formula is C95H108F12N22O4S3. The molecule has 41 heteroatoms. The number of halogens is 12. The van der Waals surface area contributed by atoms with Gasteiger partial charge in [0.25, 0.3) is 0 Å². The van der Waals surface area contributed by atoms with E-state index in [2.05, 4.69) is 84.4 Å². The molecule has 0 bridgehead atoms. The molecule has 0 saturated carbocycles. The van der Waals surface area contributed by atoms with Gasteiger partial charge in [-0.05, 0) is 179 Å². The number of nitrogens with two attached hydrogens (primary N) is 4. The lowest BCUT2D eigenvalue weighted by Crippen LogP contribution is -2.41. The average Bonchev–Trinajstić information content (AvgIpc) is 0.843. The van der Waals surface area contributed by atoms with Crippen LogP contribution in [-0.4, -0.2) is 132 Å². The van der Waals surface area contributed by atoms with E-state index in [1.165, 1.54) is 83.8 Å². The molecule has 9 aromatic rings. The summed E-state index contributed by atoms with van der Waals surface area (Å²) in [5, 5.41) is 58.0. The average molecular weight is 1950 g/mol. The summed E-state index contributed by atoms with van der Waals surface area (Å²) in [6.07, 6.45) is -3.03. The standard InChI is InChI=1S/C26H31F3N6O.C23H23F3N4OS.C22H23F3N6O.C20H21F3N2O.C4H6N2S2.H4N2/c1-35(2)13-12-31-25(33-16-30)32-15-19-9-10-20-23(17-6-4-3-5-7-17)34-22-11-8-18(26(27,28)29)14-21(22)24(20)36-19;1-32-22(29-13-27)28-12-16-8-9-17-20(14-5-3-2-4-6-14)30-19-10-7-15(23(24,25)26)11-18(19)21(17)31-16;23-22(24,25)13-6-9-17-16(10-13)19-15(18(28-17)12-4-2-1-3-5-12)8-7-14(32-19)11-27-21-29-20(26)30-31-21;21-20(22,23)13-6-9-17-16(10-13)19-15(8-7-14(11-24)26-19)18(25-17)12-4-2-1-3-5-12;1-7-4(8-2)6-3-5;1-2/h3-8,11,14,19-20,23-24,34H,9-10,12-13,15H2,1-2H3,(H2,31,32,33);2-7,10-11,16-17,20-21,30H,8-9,12H2,1H3,(H,28,29);1-6,9-10,14-15,18-19,28H,7-8,11H2,(H4,26,27,29,30,31);1-6,9-10,14-15,18-19,25H,7-8,11,24H2;1-2H3;1-2H2/t19-,20+,23+,24+;16-,17+,20+,21+;2*14-,15+,18+,19+;;/m1111../s1. The molecule has 17 N–H and O–H groups in total. The van der Waals surface area contributed by atoms with Crippen molar-refractivity contribution < 1.29 is 71.6 Å². The van der Waals surface area contributed by atoms with Crippen LogP contribution >= 0.6 is 35.3 Å². The smallest absolute Gasteiger partial charge is 0.378 e. The van der Waals surface area contributed by atoms with Crippen molar-refractivity contribution in [3.8, 4) is 18.6 Å². The Kier molecular flexibility index (Phi) is 36.5. The first-order valence-electron chi connectivity index (χ1n) is 43.9. The Morgan fingerprint density at radius 3 is 1.10 bits per heavy atom. The first-order chi connectivity index (χ1) is 65.4. The zero-order valence-corrected chi connectivity index (χ0v) is 77.3. The lowest BCUT2D eigenvalue weighted by Gasteiger charge is -2.46. The van der Waals surface area contributed by atoms with Gasteiger partial charge in [-0.25, -0.2) is 10.1 Å². The molecule has 136 heavy (non-hydrogen) atoms. The fourth-order valence-electron chi connectivity index (χ4n) is 18.2. The van der Waals surface area contributed by atoms with E-state index in [4.69, 9.17) is 46.2 Å². The summed E-state index contributed by atoms with van der Waals surface area (Å²) in [5.74, 6) is 8.96. The lowest BCUT2D eigenvalue weighted by atomic mass is 9.76. The molecule has 0 amide bonds. The molecule has 26 nitrogen and oxygen atoms in total. The molecule has 1 aromatic heterocycles. The zero-order chi connectivity index (χ0) is 97.4. The van der Waals surface area contributed by atoms with E-state index >= 15 is 0 Å². The Morgan fingerprint density at radius 1 is 0.463 bits per heavy atom. The molecule has 17 rings (SSSR count). The number of amidine groups is 1. The third-order valence-electron chi connectivity index (χ3n) is 24.6. The second-order valence-electron chi connectivity index (χ2n) is 33.3. The lowest BCUT2D eigenvalue weighted by molar-refractivity contribution is -0.138. The Morgan fingerprint density at radius 2 is 0.801 bits per heavy atom. The van der Waals surface area contributed by atoms with Crippen LogP contribution < -0.4 is 65.7 Å². The third kappa shape index (κ3) is 26.8. The molecule has 8 aromatic carbocycles. The number of likely N-dealkylation sites (N-methyl/N-ethyl adjacent to an activating group) is 1. The predicted molar refractivity (Wildman–Crippen MR) is 507 cm³/mol. The zero-order valence-electron chi connectivity index (χ0n) is 74.8. The summed E-state index contributed by atoms with van der Waals surface area (Å²) < 4.78 is 187. The summed E-state index contributed by atoms with van der Waals surface area (Å²) in [5.41, 5.74) is 17.9. The minimum atomic E-state index is -4.44. The number of guanidine groups is 1. The highest BCUT2D eigenvalue weighted by Gasteiger charge is 2.49. The Balaban J connectivity index is 0.000000158. The SMILES string of the molecule is CN(C)CCNC(=NC[C@H]1CC[C@@H]2[C@H](O1)c1cc(C(F)(F)F)ccc1N[C@H]2c1ccccc1)NC#N.CSC(=NC#N)SC.CSC(=NC[C@H]1CC[C@@H]2[C@H](O1)c1cc(C(F)(F)F)ccc1N[C@H]2c1ccccc1)NC#N.NC[C@H]1CC[C@@H]2[C@H](O1)c1cc(C(F)(F)F)ccc1N[C@H]2c1ccccc1.NN.Nc1nc(NC[C@H]2CC[C@@H]3[C@H](O2)c2cc(C(F)(F)F)ccc2N[C@H]3c2ccccc2)n[nH]1. The Labute approximate surface area is 793 Å². The number of alkyl halides is 12. The van der Waals surface area contributed by atoms with Gasteiger partial charge in [0.05, 0.1) is 108 Å². The van der Waals surface area contributed by atoms with Crippen LogP contribution in [0.4, 0.5) is 87.3 Å². The number of anilines is 6. The number of nitriles is 3. The van der Waals surface area contributed by atoms with Gasteiger partial charge in [-0.3, -0.25) is 27.3 Å². The summed E-state index contributed by atoms with van der Waals surface area (Å²) in [4.78, 5) is 18.4. The number of hydrazine groups is 1. The minimum absolute atomic E-state index is 0.00351. The number of fused-ring (bicyclic) bond motifs is 12. The van der Waals surface area contributed by atoms with Gasteiger partial charge in [0.2, 0.25) is 24.0 Å². The maximum Gasteiger partial charge on any atom is 0.416 e. The molecule has 724 valence electrons. The van der Waals surface area contributed by atoms with Gasteiger partial charge in [-0.1, -0.05) is 133 Å². The van der Waals surface area contributed by atoms with E-state index in [1.54, 1.807) is 6.19 Å². The molecule has 8 aliphatic heterocycles. The predicted octanol–water partition coefficient (Wildman–Crippen LogP) is 19.3. The van der Waals surface area contributed by atoms with E-state index in [-0.39, 0.29) is 84.3 Å². The number of H-pyrrole nitrogens is 1. The van der Waals surface area contributed by atoms with Crippen LogP contribution in [0.15, 0.2) is 209 Å². The molecule has 16 atom stereocenters. The number of aromatic amines is 1. The number of hydrogen-bond donors (Lipinski definition) is 13. The second kappa shape index (κ2) is 48.0. The van der Waals surface area contributed by atoms with Gasteiger partial charge < -0.3 is 67.2 Å². The van der Waals surface area contributed by atoms with Crippen LogP contribution in [0.1, 0.15) is 167 Å². The highest BCUT2D eigenvalue weighted by Crippen LogP contribution is 2.57. The van der Waals surface area contributed by atoms with Gasteiger partial charge in [0, 0.05) is 94.9 Å². The van der Waals surface area contributed by atoms with Crippen molar-refractivity contribution in [2.45, 2.75) is 149 Å². The summed E-state index contributed by atoms with van der Waals surface area (Å²) in [7, 11) is 3.90. The van der Waals surface area contributed by atoms with Crippen LogP contribution in [0.2, 0.25) is 0 Å². The van der Waals surface area contributed by atoms with Crippen LogP contribution in [0.25, 0.3) is 0 Å². The van der Waals surface area contributed by atoms with Gasteiger partial charge >= 0.3 is 24.7 Å². The van der Waals surface area contributed by atoms with Crippen molar-refractivity contribution in [3.05, 3.63) is 261 Å². The number of rotatable bonds is 15. The van der Waals surface area contributed by atoms with Crippen LogP contribution in [0.5, 0.6) is 0 Å². The van der Waals surface area contributed by atoms with E-state index in [0.29, 0.717) is 101 Å². The number of aliphatic imine (C=N–C) groups is 3. The van der Waals surface area contributed by atoms with Crippen molar-refractivity contribution in [1.82, 2.24) is 36.0 Å². The fraction of sp³-hybridized carbons (Fsp3) is 0.411. The molecule has 0 radical (unpaired) electrons. The van der Waals surface area contributed by atoms with Gasteiger partial charge in [-0.2, -0.15) is 78.4 Å². The van der Waals surface area contributed by atoms with Crippen molar-refractivity contribution in [1.29, 1.82) is 15.8 Å². The Hall–Kier alpha value is -11.5. The number of nitrogen functional groups attached to an aromatic ring is 1. The molecule has 4 saturated heterocycles. The highest BCUT2D eigenvalue weighted by atomic mass is 32.2. The van der Waals surface area contributed by atoms with Crippen LogP contribution in [0, 0.1) is 58.0 Å². The number of nitrogens with one attached hydrogen (secondary N) is 9. The number of thioether (sulfide) groups is 3. The number of aromatic nitrogens is 3. The van der Waals surface area contributed by atoms with E-state index in [1.807, 2.05) is 171 Å². The van der Waals surface area contributed by atoms with Gasteiger partial charge in [-0.15, -0.1) is 28.6 Å². The van der Waals surface area contributed by atoms with Crippen LogP contribution in [-0.2, 0) is 43.7 Å². The molecule has 8 aliphatic rings. The highest BCUT2D eigenvalue weighted by molar-refractivity contribution is 8.38. The summed E-state index contributed by atoms with van der Waals surface area (Å²) >= 11 is 4.29. The fourth-order valence-corrected chi connectivity index (χ4v) is 19.5. The number of ether oxygens (including phenoxy) is 4. The molecule has 0 aliphatic carbocycles. The molecular weight excluding hydrogens is 1840 g/mol. The van der Waals surface area contributed by atoms with Gasteiger partial charge in [0.1, 0.15) is 4.38 Å². The first kappa shape index (κ1) is 103. The number of benzene rings is 8. The summed E-state index contributed by atoms with van der Waals surface area (Å²) in [6, 6.07) is 54.9. The first-order valence-corrected chi connectivity index (χ1v) is 47.6. The van der Waals surface area contributed by atoms with E-state index in [0.717, 1.165) is 102 Å². The molecule has 0 spiro atoms. The van der Waals surface area contributed by atoms with Crippen molar-refractivity contribution in [2.75, 3.05) is 104 Å². The minimum Gasteiger partial charge on any atom is -0.378 e. The molecule has 0 unspecified atom stereocenters. The number of hydrogen-bond acceptors (Lipinski definition) is 25. The molecule has 9 heterocycles. The number of nitrogens with zero attached hydrogens (tertiary/aromatic N) is 9. The topological polar surface area (TPSA) is 390 Å². The van der Waals surface area contributed by atoms with Crippen molar-refractivity contribution in [3.63, 3.8) is 0 Å². The Bertz CT molecular complexity index is 5590. The van der Waals surface area contributed by atoms with Crippen molar-refractivity contribution >= 4 is 85.4 Å². The maximum atomic E-state index is 13.5. The quantitative estimate of drug-likeness (QED) is 0.00862. The van der Waals surface area contributed by atoms with Gasteiger partial charge in [0.15, 0.2) is 17.6 Å². The second-order valence-corrected chi connectivity index (χ2v) is 35.9. The van der Waals surface area contributed by atoms with Crippen LogP contribution in [0.3, 0.4) is 0 Å². The normalized spacial score (nSPS) is 23.9. The van der Waals surface area contributed by atoms with E-state index < -0.39 is 65.3 Å². The van der Waals surface area contributed by atoms with Crippen molar-refractivity contribution in [2.24, 2.45) is 56.1 Å². The summed E-state index contributed by atoms with van der Waals surface area (Å²) in [6.45, 7) is 2.81.